The summed E-state index contributed by atoms with van der Waals surface area (Å²) in [6.45, 7) is 2.57. The minimum Gasteiger partial charge on any atom is -0.292 e. The fraction of sp³-hybridized carbons (Fsp3) is 0.190. The predicted octanol–water partition coefficient (Wildman–Crippen LogP) is 0.911. The van der Waals surface area contributed by atoms with Gasteiger partial charge >= 0.3 is 5.69 Å². The lowest BCUT2D eigenvalue weighted by molar-refractivity contribution is -0.122. The minimum absolute atomic E-state index is 0.0160. The van der Waals surface area contributed by atoms with Gasteiger partial charge in [-0.05, 0) is 25.1 Å². The lowest BCUT2D eigenvalue weighted by atomic mass is 10.1. The van der Waals surface area contributed by atoms with Crippen LogP contribution >= 0.6 is 0 Å². The van der Waals surface area contributed by atoms with Crippen LogP contribution in [0.3, 0.4) is 0 Å². The van der Waals surface area contributed by atoms with Crippen LogP contribution in [0.5, 0.6) is 0 Å². The number of nitrogens with one attached hydrogen (secondary N) is 3. The zero-order chi connectivity index (χ0) is 22.0. The summed E-state index contributed by atoms with van der Waals surface area (Å²) in [5.74, 6) is -1.14. The first kappa shape index (κ1) is 20.1. The van der Waals surface area contributed by atoms with Crippen LogP contribution in [-0.2, 0) is 17.9 Å². The molecule has 2 aromatic carbocycles. The molecule has 158 valence electrons. The molecular formula is C21H20N6O4. The van der Waals surface area contributed by atoms with Gasteiger partial charge in [0.2, 0.25) is 5.91 Å². The first-order chi connectivity index (χ1) is 15.0. The molecule has 0 aliphatic carbocycles. The van der Waals surface area contributed by atoms with Gasteiger partial charge in [-0.2, -0.15) is 5.10 Å². The zero-order valence-corrected chi connectivity index (χ0v) is 16.7. The van der Waals surface area contributed by atoms with E-state index in [1.807, 2.05) is 31.2 Å². The van der Waals surface area contributed by atoms with Crippen molar-refractivity contribution in [3.63, 3.8) is 0 Å². The average Bonchev–Trinajstić information content (AvgIpc) is 3.06. The maximum atomic E-state index is 12.6. The highest BCUT2D eigenvalue weighted by molar-refractivity contribution is 6.05. The fourth-order valence-electron chi connectivity index (χ4n) is 3.54. The number of aromatic nitrogens is 4. The summed E-state index contributed by atoms with van der Waals surface area (Å²) >= 11 is 0. The Hall–Kier alpha value is -4.21. The lowest BCUT2D eigenvalue weighted by Gasteiger charge is -2.09. The standard InChI is InChI=1S/C21H20N6O4/c1-2-26-15-9-5-6-10-16(15)27(21(26)31)12-11-17(28)22-25-20(30)18-13-7-3-4-8-14(13)19(29)24-23-18/h3-10H,2,11-12H2,1H3,(H,22,28)(H,24,29)(H,25,30). The van der Waals surface area contributed by atoms with Crippen molar-refractivity contribution >= 4 is 33.6 Å². The summed E-state index contributed by atoms with van der Waals surface area (Å²) < 4.78 is 3.18. The number of hydrogen-bond donors (Lipinski definition) is 3. The number of carbonyl (C=O) groups is 2. The van der Waals surface area contributed by atoms with Crippen LogP contribution in [0.1, 0.15) is 23.8 Å². The molecule has 31 heavy (non-hydrogen) atoms. The molecule has 2 aromatic heterocycles. The number of amides is 2. The molecule has 0 aliphatic heterocycles. The normalized spacial score (nSPS) is 11.0. The molecule has 0 atom stereocenters. The van der Waals surface area contributed by atoms with Crippen LogP contribution in [0.4, 0.5) is 0 Å². The van der Waals surface area contributed by atoms with Gasteiger partial charge in [-0.15, -0.1) is 0 Å². The Morgan fingerprint density at radius 2 is 1.58 bits per heavy atom. The topological polar surface area (TPSA) is 131 Å². The fourth-order valence-corrected chi connectivity index (χ4v) is 3.54. The Bertz CT molecular complexity index is 1410. The molecule has 3 N–H and O–H groups in total. The maximum absolute atomic E-state index is 12.6. The number of aryl methyl sites for hydroxylation is 2. The van der Waals surface area contributed by atoms with Gasteiger partial charge in [-0.3, -0.25) is 34.4 Å². The van der Waals surface area contributed by atoms with E-state index in [1.54, 1.807) is 28.8 Å². The highest BCUT2D eigenvalue weighted by atomic mass is 16.2. The molecule has 2 heterocycles. The second-order valence-electron chi connectivity index (χ2n) is 6.87. The van der Waals surface area contributed by atoms with Crippen molar-refractivity contribution in [3.8, 4) is 0 Å². The van der Waals surface area contributed by atoms with Gasteiger partial charge in [0, 0.05) is 24.9 Å². The summed E-state index contributed by atoms with van der Waals surface area (Å²) in [5, 5.41) is 6.75. The van der Waals surface area contributed by atoms with Gasteiger partial charge in [0.25, 0.3) is 11.5 Å². The van der Waals surface area contributed by atoms with Crippen molar-refractivity contribution in [2.45, 2.75) is 26.4 Å². The van der Waals surface area contributed by atoms with E-state index >= 15 is 0 Å². The van der Waals surface area contributed by atoms with Crippen LogP contribution in [0.15, 0.2) is 58.1 Å². The van der Waals surface area contributed by atoms with E-state index in [9.17, 15) is 19.2 Å². The summed E-state index contributed by atoms with van der Waals surface area (Å²) in [6.07, 6.45) is -0.0162. The lowest BCUT2D eigenvalue weighted by Crippen LogP contribution is -2.42. The van der Waals surface area contributed by atoms with E-state index in [0.29, 0.717) is 17.3 Å². The van der Waals surface area contributed by atoms with Crippen molar-refractivity contribution in [2.75, 3.05) is 0 Å². The summed E-state index contributed by atoms with van der Waals surface area (Å²) in [6, 6.07) is 13.9. The van der Waals surface area contributed by atoms with Crippen LogP contribution in [0, 0.1) is 0 Å². The van der Waals surface area contributed by atoms with Crippen molar-refractivity contribution in [3.05, 3.63) is 75.1 Å². The number of fused-ring (bicyclic) bond motifs is 2. The SMILES string of the molecule is CCn1c(=O)n(CCC(=O)NNC(=O)c2n[nH]c(=O)c3ccccc23)c2ccccc21. The molecule has 2 amide bonds. The molecule has 10 heteroatoms. The Labute approximate surface area is 175 Å². The molecule has 0 aliphatic rings. The molecule has 0 unspecified atom stereocenters. The molecule has 0 saturated heterocycles. The Morgan fingerprint density at radius 3 is 2.29 bits per heavy atom. The molecule has 0 fully saturated rings. The van der Waals surface area contributed by atoms with Crippen molar-refractivity contribution in [1.29, 1.82) is 0 Å². The number of nitrogens with zero attached hydrogens (tertiary/aromatic N) is 3. The molecule has 4 rings (SSSR count). The minimum atomic E-state index is -0.666. The van der Waals surface area contributed by atoms with Gasteiger partial charge < -0.3 is 0 Å². The smallest absolute Gasteiger partial charge is 0.292 e. The largest absolute Gasteiger partial charge is 0.329 e. The Kier molecular flexibility index (Phi) is 5.35. The van der Waals surface area contributed by atoms with Gasteiger partial charge in [0.15, 0.2) is 5.69 Å². The quantitative estimate of drug-likeness (QED) is 0.413. The number of carbonyl (C=O) groups excluding carboxylic acids is 2. The highest BCUT2D eigenvalue weighted by Crippen LogP contribution is 2.13. The van der Waals surface area contributed by atoms with E-state index < -0.39 is 17.4 Å². The van der Waals surface area contributed by atoms with Crippen LogP contribution in [0.2, 0.25) is 0 Å². The average molecular weight is 420 g/mol. The number of hydrazine groups is 1. The van der Waals surface area contributed by atoms with E-state index in [-0.39, 0.29) is 24.3 Å². The predicted molar refractivity (Wildman–Crippen MR) is 114 cm³/mol. The second-order valence-corrected chi connectivity index (χ2v) is 6.87. The first-order valence-corrected chi connectivity index (χ1v) is 9.76. The van der Waals surface area contributed by atoms with E-state index in [4.69, 9.17) is 0 Å². The van der Waals surface area contributed by atoms with Crippen LogP contribution in [-0.4, -0.2) is 31.1 Å². The molecule has 0 saturated carbocycles. The summed E-state index contributed by atoms with van der Waals surface area (Å²) in [5.41, 5.74) is 5.56. The molecular weight excluding hydrogens is 400 g/mol. The van der Waals surface area contributed by atoms with Gasteiger partial charge in [-0.1, -0.05) is 30.3 Å². The Balaban J connectivity index is 1.44. The van der Waals surface area contributed by atoms with Crippen molar-refractivity contribution in [1.82, 2.24) is 30.2 Å². The van der Waals surface area contributed by atoms with Crippen LogP contribution in [0.25, 0.3) is 21.8 Å². The van der Waals surface area contributed by atoms with E-state index in [2.05, 4.69) is 21.0 Å². The number of aromatic amines is 1. The zero-order valence-electron chi connectivity index (χ0n) is 16.7. The third-order valence-electron chi connectivity index (χ3n) is 5.03. The van der Waals surface area contributed by atoms with E-state index in [1.165, 1.54) is 4.57 Å². The first-order valence-electron chi connectivity index (χ1n) is 9.76. The van der Waals surface area contributed by atoms with Crippen LogP contribution < -0.4 is 22.1 Å². The molecule has 0 spiro atoms. The Morgan fingerprint density at radius 1 is 0.935 bits per heavy atom. The molecule has 10 nitrogen and oxygen atoms in total. The van der Waals surface area contributed by atoms with Crippen molar-refractivity contribution in [2.24, 2.45) is 0 Å². The maximum Gasteiger partial charge on any atom is 0.329 e. The number of para-hydroxylation sites is 2. The molecule has 0 bridgehead atoms. The number of benzene rings is 2. The number of rotatable bonds is 5. The van der Waals surface area contributed by atoms with Gasteiger partial charge in [-0.25, -0.2) is 9.89 Å². The van der Waals surface area contributed by atoms with Crippen molar-refractivity contribution < 1.29 is 9.59 Å². The summed E-state index contributed by atoms with van der Waals surface area (Å²) in [7, 11) is 0. The van der Waals surface area contributed by atoms with Gasteiger partial charge in [0.05, 0.1) is 16.4 Å². The molecule has 4 aromatic rings. The monoisotopic (exact) mass is 420 g/mol. The second kappa shape index (κ2) is 8.27. The van der Waals surface area contributed by atoms with E-state index in [0.717, 1.165) is 11.0 Å². The highest BCUT2D eigenvalue weighted by Gasteiger charge is 2.16. The number of hydrogen-bond acceptors (Lipinski definition) is 5. The van der Waals surface area contributed by atoms with Gasteiger partial charge in [0.1, 0.15) is 0 Å². The molecule has 0 radical (unpaired) electrons. The third kappa shape index (κ3) is 3.70. The third-order valence-corrected chi connectivity index (χ3v) is 5.03. The number of imidazole rings is 1. The summed E-state index contributed by atoms with van der Waals surface area (Å²) in [4.78, 5) is 49.2. The number of H-pyrrole nitrogens is 1.